The van der Waals surface area contributed by atoms with Gasteiger partial charge in [0.1, 0.15) is 6.54 Å². The van der Waals surface area contributed by atoms with E-state index in [-0.39, 0.29) is 5.82 Å². The first-order valence-electron chi connectivity index (χ1n) is 8.18. The molecule has 4 rings (SSSR count). The molecule has 1 saturated heterocycles. The summed E-state index contributed by atoms with van der Waals surface area (Å²) in [6.07, 6.45) is -2.45. The standard InChI is InChI=1S/C16H15F3N6O/c17-16(18,19)9-20-15(26)12-22-14-13(24-7-3-4-8-24)21-10-5-1-2-6-11(10)25(14)23-12/h1-2,5-6H,3-4,7-9H2,(H,20,26). The number of nitrogens with zero attached hydrogens (tertiary/aromatic N) is 5. The lowest BCUT2D eigenvalue weighted by Crippen LogP contribution is -2.34. The first kappa shape index (κ1) is 16.6. The van der Waals surface area contributed by atoms with Crippen LogP contribution in [0.5, 0.6) is 0 Å². The van der Waals surface area contributed by atoms with Crippen LogP contribution in [0.3, 0.4) is 0 Å². The number of fused-ring (bicyclic) bond motifs is 3. The molecule has 0 atom stereocenters. The first-order chi connectivity index (χ1) is 12.4. The zero-order valence-corrected chi connectivity index (χ0v) is 13.6. The highest BCUT2D eigenvalue weighted by atomic mass is 19.4. The fourth-order valence-corrected chi connectivity index (χ4v) is 3.02. The van der Waals surface area contributed by atoms with E-state index in [1.54, 1.807) is 17.4 Å². The number of amides is 1. The van der Waals surface area contributed by atoms with E-state index in [1.165, 1.54) is 4.52 Å². The van der Waals surface area contributed by atoms with Crippen LogP contribution in [0.25, 0.3) is 16.7 Å². The first-order valence-corrected chi connectivity index (χ1v) is 8.18. The summed E-state index contributed by atoms with van der Waals surface area (Å²) in [5, 5.41) is 5.93. The summed E-state index contributed by atoms with van der Waals surface area (Å²) < 4.78 is 38.5. The molecule has 1 fully saturated rings. The Morgan fingerprint density at radius 2 is 1.88 bits per heavy atom. The second-order valence-corrected chi connectivity index (χ2v) is 6.09. The molecule has 0 saturated carbocycles. The number of carbonyl (C=O) groups excluding carboxylic acids is 1. The molecule has 26 heavy (non-hydrogen) atoms. The van der Waals surface area contributed by atoms with Crippen LogP contribution < -0.4 is 10.2 Å². The van der Waals surface area contributed by atoms with Crippen molar-refractivity contribution in [1.82, 2.24) is 24.9 Å². The fraction of sp³-hybridized carbons (Fsp3) is 0.375. The van der Waals surface area contributed by atoms with Crippen molar-refractivity contribution in [3.8, 4) is 0 Å². The number of halogens is 3. The molecule has 1 aliphatic rings. The maximum absolute atomic E-state index is 12.3. The van der Waals surface area contributed by atoms with E-state index in [9.17, 15) is 18.0 Å². The van der Waals surface area contributed by atoms with Gasteiger partial charge in [0.15, 0.2) is 11.5 Å². The summed E-state index contributed by atoms with van der Waals surface area (Å²) in [5.74, 6) is -0.695. The molecule has 0 spiro atoms. The van der Waals surface area contributed by atoms with Crippen LogP contribution in [-0.4, -0.2) is 51.3 Å². The van der Waals surface area contributed by atoms with Crippen molar-refractivity contribution in [1.29, 1.82) is 0 Å². The Labute approximate surface area is 145 Å². The number of para-hydroxylation sites is 2. The van der Waals surface area contributed by atoms with Gasteiger partial charge in [0, 0.05) is 13.1 Å². The maximum Gasteiger partial charge on any atom is 0.405 e. The van der Waals surface area contributed by atoms with E-state index in [0.29, 0.717) is 22.5 Å². The quantitative estimate of drug-likeness (QED) is 0.771. The van der Waals surface area contributed by atoms with E-state index in [1.807, 2.05) is 17.0 Å². The number of carbonyl (C=O) groups is 1. The van der Waals surface area contributed by atoms with Crippen LogP contribution >= 0.6 is 0 Å². The number of hydrogen-bond donors (Lipinski definition) is 1. The van der Waals surface area contributed by atoms with Crippen molar-refractivity contribution < 1.29 is 18.0 Å². The van der Waals surface area contributed by atoms with E-state index in [4.69, 9.17) is 0 Å². The Hall–Kier alpha value is -2.91. The predicted molar refractivity (Wildman–Crippen MR) is 88.1 cm³/mol. The highest BCUT2D eigenvalue weighted by Gasteiger charge is 2.29. The van der Waals surface area contributed by atoms with Crippen LogP contribution in [0.4, 0.5) is 19.0 Å². The van der Waals surface area contributed by atoms with Crippen molar-refractivity contribution >= 4 is 28.4 Å². The normalized spacial score (nSPS) is 15.1. The Balaban J connectivity index is 1.81. The van der Waals surface area contributed by atoms with Gasteiger partial charge in [-0.1, -0.05) is 12.1 Å². The summed E-state index contributed by atoms with van der Waals surface area (Å²) >= 11 is 0. The minimum atomic E-state index is -4.50. The van der Waals surface area contributed by atoms with Gasteiger partial charge in [0.2, 0.25) is 5.82 Å². The van der Waals surface area contributed by atoms with Gasteiger partial charge in [-0.05, 0) is 25.0 Å². The lowest BCUT2D eigenvalue weighted by molar-refractivity contribution is -0.123. The lowest BCUT2D eigenvalue weighted by atomic mass is 10.3. The molecule has 1 aromatic carbocycles. The molecular weight excluding hydrogens is 349 g/mol. The Morgan fingerprint density at radius 3 is 2.62 bits per heavy atom. The number of aromatic nitrogens is 4. The average Bonchev–Trinajstić information content (AvgIpc) is 3.28. The van der Waals surface area contributed by atoms with Gasteiger partial charge < -0.3 is 10.2 Å². The SMILES string of the molecule is O=C(NCC(F)(F)F)c1nc2c(N3CCCC3)nc3ccccc3n2n1. The Morgan fingerprint density at radius 1 is 1.15 bits per heavy atom. The summed E-state index contributed by atoms with van der Waals surface area (Å²) in [4.78, 5) is 22.9. The Bertz CT molecular complexity index is 977. The second-order valence-electron chi connectivity index (χ2n) is 6.09. The van der Waals surface area contributed by atoms with Gasteiger partial charge in [-0.2, -0.15) is 18.2 Å². The van der Waals surface area contributed by atoms with E-state index in [2.05, 4.69) is 15.1 Å². The molecule has 3 heterocycles. The van der Waals surface area contributed by atoms with E-state index < -0.39 is 18.6 Å². The van der Waals surface area contributed by atoms with Gasteiger partial charge in [-0.15, -0.1) is 5.10 Å². The number of alkyl halides is 3. The molecule has 1 N–H and O–H groups in total. The van der Waals surface area contributed by atoms with Gasteiger partial charge in [-0.25, -0.2) is 9.50 Å². The molecule has 0 aliphatic carbocycles. The summed E-state index contributed by atoms with van der Waals surface area (Å²) in [6, 6.07) is 7.22. The number of benzene rings is 1. The molecule has 0 unspecified atom stereocenters. The fourth-order valence-electron chi connectivity index (χ4n) is 3.02. The Kier molecular flexibility index (Phi) is 3.89. The van der Waals surface area contributed by atoms with E-state index in [0.717, 1.165) is 25.9 Å². The third-order valence-electron chi connectivity index (χ3n) is 4.20. The molecule has 3 aromatic rings. The van der Waals surface area contributed by atoms with Crippen LogP contribution in [0, 0.1) is 0 Å². The summed E-state index contributed by atoms with van der Waals surface area (Å²) in [5.41, 5.74) is 1.67. The molecule has 7 nitrogen and oxygen atoms in total. The monoisotopic (exact) mass is 364 g/mol. The highest BCUT2D eigenvalue weighted by Crippen LogP contribution is 2.26. The molecule has 2 aromatic heterocycles. The van der Waals surface area contributed by atoms with Crippen LogP contribution in [-0.2, 0) is 0 Å². The minimum Gasteiger partial charge on any atom is -0.353 e. The number of anilines is 1. The summed E-state index contributed by atoms with van der Waals surface area (Å²) in [6.45, 7) is 0.187. The largest absolute Gasteiger partial charge is 0.405 e. The van der Waals surface area contributed by atoms with Crippen LogP contribution in [0.2, 0.25) is 0 Å². The van der Waals surface area contributed by atoms with Crippen molar-refractivity contribution in [2.75, 3.05) is 24.5 Å². The third-order valence-corrected chi connectivity index (χ3v) is 4.20. The number of hydrogen-bond acceptors (Lipinski definition) is 5. The molecule has 0 bridgehead atoms. The molecule has 1 aliphatic heterocycles. The van der Waals surface area contributed by atoms with Crippen molar-refractivity contribution in [2.24, 2.45) is 0 Å². The minimum absolute atomic E-state index is 0.312. The van der Waals surface area contributed by atoms with Gasteiger partial charge in [0.05, 0.1) is 11.0 Å². The smallest absolute Gasteiger partial charge is 0.353 e. The zero-order chi connectivity index (χ0) is 18.3. The topological polar surface area (TPSA) is 75.4 Å². The maximum atomic E-state index is 12.3. The second kappa shape index (κ2) is 6.11. The predicted octanol–water partition coefficient (Wildman–Crippen LogP) is 2.17. The van der Waals surface area contributed by atoms with Gasteiger partial charge >= 0.3 is 6.18 Å². The number of nitrogens with one attached hydrogen (secondary N) is 1. The van der Waals surface area contributed by atoms with Crippen molar-refractivity contribution in [3.05, 3.63) is 30.1 Å². The highest BCUT2D eigenvalue weighted by molar-refractivity contribution is 5.92. The van der Waals surface area contributed by atoms with E-state index >= 15 is 0 Å². The van der Waals surface area contributed by atoms with Crippen LogP contribution in [0.1, 0.15) is 23.5 Å². The number of rotatable bonds is 3. The van der Waals surface area contributed by atoms with Crippen LogP contribution in [0.15, 0.2) is 24.3 Å². The average molecular weight is 364 g/mol. The van der Waals surface area contributed by atoms with Gasteiger partial charge in [-0.3, -0.25) is 4.79 Å². The lowest BCUT2D eigenvalue weighted by Gasteiger charge is -2.17. The molecule has 10 heteroatoms. The molecule has 1 amide bonds. The molecule has 136 valence electrons. The molecule has 0 radical (unpaired) electrons. The van der Waals surface area contributed by atoms with Gasteiger partial charge in [0.25, 0.3) is 5.91 Å². The van der Waals surface area contributed by atoms with Crippen molar-refractivity contribution in [3.63, 3.8) is 0 Å². The van der Waals surface area contributed by atoms with Crippen molar-refractivity contribution in [2.45, 2.75) is 19.0 Å². The summed E-state index contributed by atoms with van der Waals surface area (Å²) in [7, 11) is 0. The zero-order valence-electron chi connectivity index (χ0n) is 13.6. The molecular formula is C16H15F3N6O. The third kappa shape index (κ3) is 3.02.